The normalized spacial score (nSPS) is 20.6. The number of thiazole rings is 1. The van der Waals surface area contributed by atoms with E-state index in [0.29, 0.717) is 41.5 Å². The number of aromatic nitrogens is 1. The van der Waals surface area contributed by atoms with Crippen LogP contribution in [-0.2, 0) is 25.2 Å². The van der Waals surface area contributed by atoms with Crippen molar-refractivity contribution < 1.29 is 31.9 Å². The first-order chi connectivity index (χ1) is 22.0. The molecule has 3 aliphatic heterocycles. The summed E-state index contributed by atoms with van der Waals surface area (Å²) < 4.78 is 56.2. The summed E-state index contributed by atoms with van der Waals surface area (Å²) in [4.78, 5) is 39.4. The lowest BCUT2D eigenvalue weighted by Gasteiger charge is -2.42. The van der Waals surface area contributed by atoms with Gasteiger partial charge in [0.2, 0.25) is 5.60 Å². The first-order valence-electron chi connectivity index (χ1n) is 15.4. The minimum absolute atomic E-state index is 0. The Morgan fingerprint density at radius 1 is 1.02 bits per heavy atom. The van der Waals surface area contributed by atoms with Crippen LogP contribution >= 0.6 is 36.2 Å². The highest BCUT2D eigenvalue weighted by Crippen LogP contribution is 2.52. The fourth-order valence-corrected chi connectivity index (χ4v) is 9.69. The summed E-state index contributed by atoms with van der Waals surface area (Å²) in [5.74, 6) is -1.59. The number of sulfonamides is 1. The molecule has 0 N–H and O–H groups in total. The zero-order chi connectivity index (χ0) is 32.8. The molecule has 3 aliphatic rings. The van der Waals surface area contributed by atoms with Gasteiger partial charge in [0.15, 0.2) is 4.21 Å². The summed E-state index contributed by atoms with van der Waals surface area (Å²) in [6, 6.07) is 10.3. The molecule has 0 aliphatic carbocycles. The number of rotatable bonds is 7. The van der Waals surface area contributed by atoms with Crippen LogP contribution in [-0.4, -0.2) is 99.1 Å². The van der Waals surface area contributed by atoms with Gasteiger partial charge in [-0.2, -0.15) is 12.7 Å². The van der Waals surface area contributed by atoms with Gasteiger partial charge in [-0.25, -0.2) is 14.2 Å². The molecule has 1 aromatic heterocycles. The summed E-state index contributed by atoms with van der Waals surface area (Å²) in [5, 5.41) is 0.501. The zero-order valence-corrected chi connectivity index (χ0v) is 30.4. The molecule has 6 rings (SSSR count). The smallest absolute Gasteiger partial charge is 0.411 e. The number of piperazine rings is 1. The summed E-state index contributed by atoms with van der Waals surface area (Å²) in [6.07, 6.45) is 1.30. The average molecular weight is 745 g/mol. The number of hydrogen-bond acceptors (Lipinski definition) is 10. The number of benzene rings is 2. The molecule has 262 valence electrons. The van der Waals surface area contributed by atoms with E-state index in [9.17, 15) is 18.0 Å². The number of nitrogens with zero attached hydrogens (tertiary/aromatic N) is 5. The van der Waals surface area contributed by atoms with Crippen LogP contribution in [0.4, 0.5) is 14.9 Å². The van der Waals surface area contributed by atoms with Gasteiger partial charge in [0.05, 0.1) is 28.6 Å². The quantitative estimate of drug-likeness (QED) is 0.331. The van der Waals surface area contributed by atoms with Crippen molar-refractivity contribution in [3.8, 4) is 5.75 Å². The third kappa shape index (κ3) is 6.62. The molecule has 3 aromatic rings. The number of carbonyl (C=O) groups excluding carboxylic acids is 2. The molecule has 2 fully saturated rings. The van der Waals surface area contributed by atoms with Gasteiger partial charge in [-0.1, -0.05) is 18.2 Å². The summed E-state index contributed by atoms with van der Waals surface area (Å²) in [5.41, 5.74) is -2.24. The maximum atomic E-state index is 15.1. The molecular formula is C32H40Cl2FN5O6S2. The molecule has 2 amide bonds. The van der Waals surface area contributed by atoms with Crippen molar-refractivity contribution in [2.45, 2.75) is 49.5 Å². The predicted octanol–water partition coefficient (Wildman–Crippen LogP) is 4.97. The lowest BCUT2D eigenvalue weighted by Crippen LogP contribution is -2.55. The molecule has 4 heterocycles. The monoisotopic (exact) mass is 743 g/mol. The molecule has 1 unspecified atom stereocenters. The second-order valence-corrected chi connectivity index (χ2v) is 15.1. The van der Waals surface area contributed by atoms with E-state index >= 15 is 4.39 Å². The lowest BCUT2D eigenvalue weighted by atomic mass is 9.86. The Morgan fingerprint density at radius 3 is 2.31 bits per heavy atom. The third-order valence-electron chi connectivity index (χ3n) is 8.96. The summed E-state index contributed by atoms with van der Waals surface area (Å²) in [7, 11) is -2.44. The average Bonchev–Trinajstić information content (AvgIpc) is 3.51. The number of aryl methyl sites for hydroxylation is 2. The van der Waals surface area contributed by atoms with Crippen molar-refractivity contribution >= 4 is 63.9 Å². The number of piperidine rings is 1. The Balaban J connectivity index is 0.00000260. The number of para-hydroxylation sites is 1. The second-order valence-electron chi connectivity index (χ2n) is 11.9. The van der Waals surface area contributed by atoms with E-state index in [4.69, 9.17) is 9.47 Å². The molecule has 1 atom stereocenters. The first-order valence-corrected chi connectivity index (χ1v) is 17.7. The number of anilines is 1. The zero-order valence-electron chi connectivity index (χ0n) is 27.2. The Kier molecular flexibility index (Phi) is 11.7. The highest BCUT2D eigenvalue weighted by molar-refractivity contribution is 7.95. The number of ether oxygens (including phenoxy) is 2. The fraction of sp³-hybridized carbons (Fsp3) is 0.469. The van der Waals surface area contributed by atoms with Gasteiger partial charge in [-0.15, -0.1) is 36.2 Å². The van der Waals surface area contributed by atoms with Gasteiger partial charge in [0, 0.05) is 37.8 Å². The molecule has 16 heteroatoms. The molecule has 0 saturated carbocycles. The largest absolute Gasteiger partial charge is 0.493 e. The topological polar surface area (TPSA) is 113 Å². The minimum atomic E-state index is -4.55. The van der Waals surface area contributed by atoms with E-state index in [2.05, 4.69) is 21.8 Å². The van der Waals surface area contributed by atoms with Crippen molar-refractivity contribution in [3.05, 3.63) is 70.1 Å². The molecular weight excluding hydrogens is 704 g/mol. The van der Waals surface area contributed by atoms with E-state index in [1.165, 1.54) is 11.0 Å². The van der Waals surface area contributed by atoms with Crippen LogP contribution in [0.3, 0.4) is 0 Å². The third-order valence-corrected chi connectivity index (χ3v) is 12.3. The van der Waals surface area contributed by atoms with Crippen molar-refractivity contribution in [2.24, 2.45) is 0 Å². The van der Waals surface area contributed by atoms with E-state index in [-0.39, 0.29) is 63.9 Å². The van der Waals surface area contributed by atoms with Gasteiger partial charge in [-0.3, -0.25) is 9.69 Å². The van der Waals surface area contributed by atoms with E-state index in [0.717, 1.165) is 49.4 Å². The Bertz CT molecular complexity index is 1760. The van der Waals surface area contributed by atoms with Crippen molar-refractivity contribution in [1.82, 2.24) is 19.7 Å². The maximum absolute atomic E-state index is 15.1. The number of halogens is 3. The number of amides is 2. The van der Waals surface area contributed by atoms with Crippen molar-refractivity contribution in [2.75, 3.05) is 57.2 Å². The second kappa shape index (κ2) is 14.9. The number of hydrogen-bond donors (Lipinski definition) is 0. The van der Waals surface area contributed by atoms with Crippen LogP contribution < -0.4 is 9.04 Å². The summed E-state index contributed by atoms with van der Waals surface area (Å²) >= 11 is 0.929. The van der Waals surface area contributed by atoms with E-state index in [1.54, 1.807) is 45.0 Å². The fourth-order valence-electron chi connectivity index (χ4n) is 6.69. The Labute approximate surface area is 296 Å². The SMILES string of the molecule is CCOc1ccccc1C1(OC(=O)N2CCN(C3CCN(C)CC3)CC2)C(=O)N(S(=O)(=O)c2sc(C)nc2C)c2ccc(F)cc21.Cl.Cl. The molecule has 11 nitrogen and oxygen atoms in total. The number of fused-ring (bicyclic) bond motifs is 1. The lowest BCUT2D eigenvalue weighted by molar-refractivity contribution is -0.132. The predicted molar refractivity (Wildman–Crippen MR) is 186 cm³/mol. The van der Waals surface area contributed by atoms with Gasteiger partial charge >= 0.3 is 6.09 Å². The molecule has 0 spiro atoms. The van der Waals surface area contributed by atoms with Crippen molar-refractivity contribution in [3.63, 3.8) is 0 Å². The Hall–Kier alpha value is -3.01. The van der Waals surface area contributed by atoms with Crippen LogP contribution in [0.25, 0.3) is 0 Å². The molecule has 0 bridgehead atoms. The molecule has 48 heavy (non-hydrogen) atoms. The standard InChI is InChI=1S/C32H38FN5O6S2.2ClH/c1-5-43-28-9-7-6-8-25(28)32(44-31(40)37-18-16-36(17-19-37)24-12-14-35(4)15-13-24)26-20-23(33)10-11-27(26)38(30(32)39)46(41,42)29-21(2)34-22(3)45-29;;/h6-11,20,24H,5,12-19H2,1-4H3;2*1H. The van der Waals surface area contributed by atoms with Crippen LogP contribution in [0, 0.1) is 19.7 Å². The van der Waals surface area contributed by atoms with E-state index in [1.807, 2.05) is 0 Å². The van der Waals surface area contributed by atoms with Gasteiger partial charge in [0.25, 0.3) is 15.9 Å². The van der Waals surface area contributed by atoms with Gasteiger partial charge in [-0.05, 0) is 78.0 Å². The maximum Gasteiger partial charge on any atom is 0.411 e. The van der Waals surface area contributed by atoms with Crippen molar-refractivity contribution in [1.29, 1.82) is 0 Å². The molecule has 2 aromatic carbocycles. The van der Waals surface area contributed by atoms with Crippen LogP contribution in [0.15, 0.2) is 46.7 Å². The minimum Gasteiger partial charge on any atom is -0.493 e. The van der Waals surface area contributed by atoms with Gasteiger partial charge in [0.1, 0.15) is 11.6 Å². The summed E-state index contributed by atoms with van der Waals surface area (Å²) in [6.45, 7) is 9.22. The van der Waals surface area contributed by atoms with Gasteiger partial charge < -0.3 is 19.3 Å². The Morgan fingerprint density at radius 2 is 1.69 bits per heavy atom. The highest BCUT2D eigenvalue weighted by atomic mass is 35.5. The van der Waals surface area contributed by atoms with Crippen LogP contribution in [0.1, 0.15) is 41.6 Å². The number of carbonyl (C=O) groups is 2. The molecule has 2 saturated heterocycles. The number of likely N-dealkylation sites (tertiary alicyclic amines) is 1. The highest BCUT2D eigenvalue weighted by Gasteiger charge is 2.61. The molecule has 0 radical (unpaired) electrons. The van der Waals surface area contributed by atoms with E-state index < -0.39 is 33.4 Å². The first kappa shape index (κ1) is 37.8. The van der Waals surface area contributed by atoms with Crippen LogP contribution in [0.5, 0.6) is 5.75 Å². The van der Waals surface area contributed by atoms with Crippen LogP contribution in [0.2, 0.25) is 0 Å².